The van der Waals surface area contributed by atoms with E-state index < -0.39 is 0 Å². The van der Waals surface area contributed by atoms with Crippen molar-refractivity contribution in [2.75, 3.05) is 7.11 Å². The first kappa shape index (κ1) is 9.08. The third kappa shape index (κ3) is 1.46. The van der Waals surface area contributed by atoms with E-state index in [9.17, 15) is 0 Å². The fourth-order valence-electron chi connectivity index (χ4n) is 1.23. The van der Waals surface area contributed by atoms with Crippen LogP contribution in [0.15, 0.2) is 12.3 Å². The summed E-state index contributed by atoms with van der Waals surface area (Å²) in [4.78, 5) is 11.4. The average Bonchev–Trinajstić information content (AvgIpc) is 2.17. The lowest BCUT2D eigenvalue weighted by Gasteiger charge is -2.02. The number of rotatable bonds is 1. The van der Waals surface area contributed by atoms with Crippen molar-refractivity contribution in [2.24, 2.45) is 0 Å². The molecular formula is C9H9N3OS. The van der Waals surface area contributed by atoms with E-state index in [1.807, 2.05) is 13.0 Å². The molecule has 2 rings (SSSR count). The van der Waals surface area contributed by atoms with Crippen molar-refractivity contribution in [2.45, 2.75) is 6.92 Å². The molecule has 5 heteroatoms. The average molecular weight is 207 g/mol. The molecular weight excluding hydrogens is 198 g/mol. The van der Waals surface area contributed by atoms with Gasteiger partial charge < -0.3 is 9.72 Å². The quantitative estimate of drug-likeness (QED) is 0.727. The Hall–Kier alpha value is -1.49. The van der Waals surface area contributed by atoms with Crippen LogP contribution in [0.5, 0.6) is 5.75 Å². The Kier molecular flexibility index (Phi) is 2.17. The third-order valence-electron chi connectivity index (χ3n) is 1.90. The van der Waals surface area contributed by atoms with Gasteiger partial charge in [-0.05, 0) is 13.0 Å². The minimum absolute atomic E-state index is 0.544. The van der Waals surface area contributed by atoms with Crippen LogP contribution in [0.1, 0.15) is 5.82 Å². The summed E-state index contributed by atoms with van der Waals surface area (Å²) in [6.07, 6.45) is 1.65. The van der Waals surface area contributed by atoms with E-state index in [0.29, 0.717) is 10.4 Å². The molecule has 72 valence electrons. The molecule has 0 radical (unpaired) electrons. The molecule has 14 heavy (non-hydrogen) atoms. The lowest BCUT2D eigenvalue weighted by molar-refractivity contribution is 0.413. The Balaban J connectivity index is 2.82. The van der Waals surface area contributed by atoms with Gasteiger partial charge in [-0.2, -0.15) is 0 Å². The molecule has 0 unspecified atom stereocenters. The summed E-state index contributed by atoms with van der Waals surface area (Å²) in [5.74, 6) is 1.45. The first-order valence-corrected chi connectivity index (χ1v) is 4.52. The van der Waals surface area contributed by atoms with Crippen LogP contribution >= 0.6 is 12.2 Å². The standard InChI is InChI=1S/C9H9N3OS/c1-5-11-8-7(9(14)12-5)3-6(13-2)4-10-8/h3-4H,1-2H3,(H,10,11,12,14). The molecule has 0 aliphatic heterocycles. The van der Waals surface area contributed by atoms with E-state index in [1.54, 1.807) is 13.3 Å². The highest BCUT2D eigenvalue weighted by Crippen LogP contribution is 2.16. The molecule has 0 aliphatic rings. The zero-order valence-electron chi connectivity index (χ0n) is 7.87. The van der Waals surface area contributed by atoms with Crippen molar-refractivity contribution in [3.8, 4) is 5.75 Å². The van der Waals surface area contributed by atoms with Gasteiger partial charge in [0.2, 0.25) is 0 Å². The number of pyridine rings is 1. The van der Waals surface area contributed by atoms with Crippen LogP contribution in [0, 0.1) is 11.6 Å². The predicted octanol–water partition coefficient (Wildman–Crippen LogP) is 2.00. The molecule has 0 aliphatic carbocycles. The smallest absolute Gasteiger partial charge is 0.141 e. The third-order valence-corrected chi connectivity index (χ3v) is 2.21. The van der Waals surface area contributed by atoms with Crippen molar-refractivity contribution >= 4 is 23.3 Å². The highest BCUT2D eigenvalue weighted by atomic mass is 32.1. The molecule has 2 aromatic rings. The zero-order chi connectivity index (χ0) is 10.1. The Morgan fingerprint density at radius 1 is 1.50 bits per heavy atom. The summed E-state index contributed by atoms with van der Waals surface area (Å²) < 4.78 is 5.60. The molecule has 0 bridgehead atoms. The number of methoxy groups -OCH3 is 1. The SMILES string of the molecule is COc1cnc2[nH]c(C)nc(=S)c2c1. The highest BCUT2D eigenvalue weighted by Gasteiger charge is 2.01. The normalized spacial score (nSPS) is 10.4. The Morgan fingerprint density at radius 2 is 2.29 bits per heavy atom. The fraction of sp³-hybridized carbons (Fsp3) is 0.222. The Bertz CT molecular complexity index is 535. The van der Waals surface area contributed by atoms with Crippen molar-refractivity contribution in [3.05, 3.63) is 22.7 Å². The number of nitrogens with one attached hydrogen (secondary N) is 1. The molecule has 2 aromatic heterocycles. The molecule has 0 atom stereocenters. The summed E-state index contributed by atoms with van der Waals surface area (Å²) in [5.41, 5.74) is 0.739. The summed E-state index contributed by atoms with van der Waals surface area (Å²) in [5, 5.41) is 0.810. The van der Waals surface area contributed by atoms with Gasteiger partial charge in [0, 0.05) is 0 Å². The van der Waals surface area contributed by atoms with Gasteiger partial charge in [0.15, 0.2) is 0 Å². The maximum atomic E-state index is 5.12. The van der Waals surface area contributed by atoms with Crippen molar-refractivity contribution in [1.29, 1.82) is 0 Å². The zero-order valence-corrected chi connectivity index (χ0v) is 8.68. The van der Waals surface area contributed by atoms with Crippen LogP contribution in [0.3, 0.4) is 0 Å². The minimum Gasteiger partial charge on any atom is -0.495 e. The molecule has 2 heterocycles. The molecule has 1 N–H and O–H groups in total. The largest absolute Gasteiger partial charge is 0.495 e. The molecule has 0 spiro atoms. The number of hydrogen-bond donors (Lipinski definition) is 1. The number of ether oxygens (including phenoxy) is 1. The number of fused-ring (bicyclic) bond motifs is 1. The minimum atomic E-state index is 0.544. The van der Waals surface area contributed by atoms with Gasteiger partial charge in [0.1, 0.15) is 21.9 Å². The highest BCUT2D eigenvalue weighted by molar-refractivity contribution is 7.71. The number of aromatic nitrogens is 3. The second kappa shape index (κ2) is 3.34. The van der Waals surface area contributed by atoms with Gasteiger partial charge in [-0.15, -0.1) is 0 Å². The summed E-state index contributed by atoms with van der Waals surface area (Å²) in [6, 6.07) is 1.83. The predicted molar refractivity (Wildman–Crippen MR) is 56.0 cm³/mol. The van der Waals surface area contributed by atoms with Gasteiger partial charge in [-0.25, -0.2) is 9.97 Å². The fourth-order valence-corrected chi connectivity index (χ4v) is 1.52. The Morgan fingerprint density at radius 3 is 3.00 bits per heavy atom. The molecule has 0 saturated carbocycles. The second-order valence-corrected chi connectivity index (χ2v) is 3.29. The lowest BCUT2D eigenvalue weighted by atomic mass is 10.3. The van der Waals surface area contributed by atoms with Crippen molar-refractivity contribution in [1.82, 2.24) is 15.0 Å². The van der Waals surface area contributed by atoms with Crippen molar-refractivity contribution in [3.63, 3.8) is 0 Å². The number of aryl methyl sites for hydroxylation is 1. The molecule has 4 nitrogen and oxygen atoms in total. The van der Waals surface area contributed by atoms with Crippen LogP contribution in [0.4, 0.5) is 0 Å². The van der Waals surface area contributed by atoms with Gasteiger partial charge in [0.05, 0.1) is 18.7 Å². The summed E-state index contributed by atoms with van der Waals surface area (Å²) in [6.45, 7) is 1.85. The number of nitrogens with zero attached hydrogens (tertiary/aromatic N) is 2. The van der Waals surface area contributed by atoms with Crippen LogP contribution in [0.2, 0.25) is 0 Å². The van der Waals surface area contributed by atoms with Crippen molar-refractivity contribution < 1.29 is 4.74 Å². The maximum Gasteiger partial charge on any atom is 0.141 e. The topological polar surface area (TPSA) is 50.8 Å². The van der Waals surface area contributed by atoms with E-state index in [1.165, 1.54) is 0 Å². The Labute approximate surface area is 86.0 Å². The van der Waals surface area contributed by atoms with E-state index in [4.69, 9.17) is 17.0 Å². The van der Waals surface area contributed by atoms with E-state index in [2.05, 4.69) is 15.0 Å². The summed E-state index contributed by atoms with van der Waals surface area (Å²) >= 11 is 5.12. The van der Waals surface area contributed by atoms with E-state index in [0.717, 1.165) is 16.9 Å². The molecule has 0 aromatic carbocycles. The molecule has 0 amide bonds. The van der Waals surface area contributed by atoms with E-state index in [-0.39, 0.29) is 0 Å². The molecule has 0 fully saturated rings. The number of hydrogen-bond acceptors (Lipinski definition) is 4. The number of aromatic amines is 1. The van der Waals surface area contributed by atoms with E-state index >= 15 is 0 Å². The van der Waals surface area contributed by atoms with Gasteiger partial charge >= 0.3 is 0 Å². The van der Waals surface area contributed by atoms with Crippen LogP contribution in [-0.2, 0) is 0 Å². The van der Waals surface area contributed by atoms with Crippen LogP contribution < -0.4 is 4.74 Å². The maximum absolute atomic E-state index is 5.12. The monoisotopic (exact) mass is 207 g/mol. The van der Waals surface area contributed by atoms with Crippen LogP contribution in [0.25, 0.3) is 11.0 Å². The first-order chi connectivity index (χ1) is 6.70. The first-order valence-electron chi connectivity index (χ1n) is 4.11. The van der Waals surface area contributed by atoms with Gasteiger partial charge in [-0.3, -0.25) is 0 Å². The summed E-state index contributed by atoms with van der Waals surface area (Å²) in [7, 11) is 1.59. The molecule has 0 saturated heterocycles. The lowest BCUT2D eigenvalue weighted by Crippen LogP contribution is -1.93. The van der Waals surface area contributed by atoms with Gasteiger partial charge in [-0.1, -0.05) is 12.2 Å². The second-order valence-electron chi connectivity index (χ2n) is 2.90. The van der Waals surface area contributed by atoms with Crippen LogP contribution in [-0.4, -0.2) is 22.1 Å². The van der Waals surface area contributed by atoms with Gasteiger partial charge in [0.25, 0.3) is 0 Å². The number of H-pyrrole nitrogens is 1.